The molecule has 1 fully saturated rings. The van der Waals surface area contributed by atoms with Crippen LogP contribution in [0.15, 0.2) is 18.2 Å². The fourth-order valence-corrected chi connectivity index (χ4v) is 2.67. The van der Waals surface area contributed by atoms with Crippen LogP contribution < -0.4 is 15.8 Å². The number of rotatable bonds is 3. The molecule has 0 amide bonds. The highest BCUT2D eigenvalue weighted by atomic mass is 16.5. The number of nitrogens with one attached hydrogen (secondary N) is 1. The van der Waals surface area contributed by atoms with Gasteiger partial charge in [0.25, 0.3) is 0 Å². The molecule has 1 aliphatic carbocycles. The number of para-hydroxylation sites is 1. The van der Waals surface area contributed by atoms with E-state index in [4.69, 9.17) is 10.5 Å². The van der Waals surface area contributed by atoms with E-state index in [1.807, 2.05) is 18.2 Å². The third kappa shape index (κ3) is 3.31. The lowest BCUT2D eigenvalue weighted by atomic mass is 9.96. The SMILES string of the molecule is COc1cccc(NC2CCCCCCC2)c1N. The predicted octanol–water partition coefficient (Wildman–Crippen LogP) is 3.80. The predicted molar refractivity (Wildman–Crippen MR) is 77.1 cm³/mol. The van der Waals surface area contributed by atoms with Gasteiger partial charge in [-0.15, -0.1) is 0 Å². The summed E-state index contributed by atoms with van der Waals surface area (Å²) < 4.78 is 5.25. The second-order valence-corrected chi connectivity index (χ2v) is 5.11. The van der Waals surface area contributed by atoms with Crippen molar-refractivity contribution in [3.05, 3.63) is 18.2 Å². The van der Waals surface area contributed by atoms with Gasteiger partial charge in [0.05, 0.1) is 18.5 Å². The molecule has 3 N–H and O–H groups in total. The van der Waals surface area contributed by atoms with Gasteiger partial charge in [0.1, 0.15) is 5.75 Å². The zero-order valence-electron chi connectivity index (χ0n) is 11.2. The fourth-order valence-electron chi connectivity index (χ4n) is 2.67. The minimum atomic E-state index is 0.555. The van der Waals surface area contributed by atoms with Gasteiger partial charge < -0.3 is 15.8 Å². The highest BCUT2D eigenvalue weighted by Gasteiger charge is 2.13. The fraction of sp³-hybridized carbons (Fsp3) is 0.600. The molecule has 0 atom stereocenters. The van der Waals surface area contributed by atoms with E-state index in [2.05, 4.69) is 5.32 Å². The molecule has 2 rings (SSSR count). The van der Waals surface area contributed by atoms with Gasteiger partial charge in [-0.2, -0.15) is 0 Å². The van der Waals surface area contributed by atoms with Crippen LogP contribution in [-0.2, 0) is 0 Å². The maximum absolute atomic E-state index is 6.09. The first-order valence-corrected chi connectivity index (χ1v) is 7.00. The van der Waals surface area contributed by atoms with Crippen LogP contribution >= 0.6 is 0 Å². The highest BCUT2D eigenvalue weighted by molar-refractivity contribution is 5.73. The van der Waals surface area contributed by atoms with Crippen molar-refractivity contribution in [2.24, 2.45) is 0 Å². The van der Waals surface area contributed by atoms with Crippen LogP contribution in [0.3, 0.4) is 0 Å². The smallest absolute Gasteiger partial charge is 0.143 e. The van der Waals surface area contributed by atoms with Crippen LogP contribution in [-0.4, -0.2) is 13.2 Å². The molecule has 0 unspecified atom stereocenters. The molecule has 1 saturated carbocycles. The molecule has 0 spiro atoms. The lowest BCUT2D eigenvalue weighted by molar-refractivity contribution is 0.417. The standard InChI is InChI=1S/C15H24N2O/c1-18-14-11-7-10-13(15(14)16)17-12-8-5-3-2-4-6-9-12/h7,10-12,17H,2-6,8-9,16H2,1H3. The molecule has 0 bridgehead atoms. The number of benzene rings is 1. The third-order valence-electron chi connectivity index (χ3n) is 3.75. The average molecular weight is 248 g/mol. The second kappa shape index (κ2) is 6.53. The quantitative estimate of drug-likeness (QED) is 0.800. The lowest BCUT2D eigenvalue weighted by Gasteiger charge is -2.23. The number of hydrogen-bond donors (Lipinski definition) is 2. The number of hydrogen-bond acceptors (Lipinski definition) is 3. The first kappa shape index (κ1) is 13.1. The number of methoxy groups -OCH3 is 1. The summed E-state index contributed by atoms with van der Waals surface area (Å²) in [5, 5.41) is 3.59. The summed E-state index contributed by atoms with van der Waals surface area (Å²) in [4.78, 5) is 0. The molecule has 1 aromatic rings. The first-order chi connectivity index (χ1) is 8.81. The number of nitrogen functional groups attached to an aromatic ring is 1. The largest absolute Gasteiger partial charge is 0.495 e. The van der Waals surface area contributed by atoms with Crippen LogP contribution in [0.2, 0.25) is 0 Å². The van der Waals surface area contributed by atoms with Crippen molar-refractivity contribution >= 4 is 11.4 Å². The van der Waals surface area contributed by atoms with E-state index >= 15 is 0 Å². The summed E-state index contributed by atoms with van der Waals surface area (Å²) in [6, 6.07) is 6.48. The van der Waals surface area contributed by atoms with Gasteiger partial charge in [-0.25, -0.2) is 0 Å². The Labute approximate surface area is 110 Å². The maximum atomic E-state index is 6.09. The monoisotopic (exact) mass is 248 g/mol. The third-order valence-corrected chi connectivity index (χ3v) is 3.75. The van der Waals surface area contributed by atoms with E-state index in [9.17, 15) is 0 Å². The van der Waals surface area contributed by atoms with E-state index in [0.717, 1.165) is 17.1 Å². The maximum Gasteiger partial charge on any atom is 0.143 e. The van der Waals surface area contributed by atoms with Crippen molar-refractivity contribution < 1.29 is 4.74 Å². The Morgan fingerprint density at radius 2 is 1.78 bits per heavy atom. The molecule has 18 heavy (non-hydrogen) atoms. The number of nitrogens with two attached hydrogens (primary N) is 1. The van der Waals surface area contributed by atoms with E-state index < -0.39 is 0 Å². The molecule has 3 nitrogen and oxygen atoms in total. The van der Waals surface area contributed by atoms with Crippen LogP contribution in [0.5, 0.6) is 5.75 Å². The van der Waals surface area contributed by atoms with Crippen LogP contribution in [0.1, 0.15) is 44.9 Å². The first-order valence-electron chi connectivity index (χ1n) is 7.00. The van der Waals surface area contributed by atoms with Gasteiger partial charge in [0.15, 0.2) is 0 Å². The summed E-state index contributed by atoms with van der Waals surface area (Å²) in [6.07, 6.45) is 9.27. The number of ether oxygens (including phenoxy) is 1. The minimum Gasteiger partial charge on any atom is -0.495 e. The Kier molecular flexibility index (Phi) is 4.73. The summed E-state index contributed by atoms with van der Waals surface area (Å²) in [5.74, 6) is 0.755. The van der Waals surface area contributed by atoms with Gasteiger partial charge in [-0.1, -0.05) is 38.2 Å². The summed E-state index contributed by atoms with van der Waals surface area (Å²) in [6.45, 7) is 0. The molecule has 3 heteroatoms. The van der Waals surface area contributed by atoms with E-state index in [0.29, 0.717) is 6.04 Å². The van der Waals surface area contributed by atoms with Crippen molar-refractivity contribution in [2.45, 2.75) is 51.0 Å². The zero-order chi connectivity index (χ0) is 12.8. The lowest BCUT2D eigenvalue weighted by Crippen LogP contribution is -2.21. The van der Waals surface area contributed by atoms with Gasteiger partial charge in [-0.05, 0) is 25.0 Å². The zero-order valence-corrected chi connectivity index (χ0v) is 11.2. The molecule has 0 saturated heterocycles. The van der Waals surface area contributed by atoms with Gasteiger partial charge >= 0.3 is 0 Å². The molecule has 0 aromatic heterocycles. The summed E-state index contributed by atoms with van der Waals surface area (Å²) >= 11 is 0. The topological polar surface area (TPSA) is 47.3 Å². The highest BCUT2D eigenvalue weighted by Crippen LogP contribution is 2.31. The van der Waals surface area contributed by atoms with Gasteiger partial charge in [0, 0.05) is 6.04 Å². The molecule has 0 radical (unpaired) electrons. The van der Waals surface area contributed by atoms with Crippen molar-refractivity contribution in [3.8, 4) is 5.75 Å². The van der Waals surface area contributed by atoms with E-state index in [1.165, 1.54) is 44.9 Å². The van der Waals surface area contributed by atoms with Gasteiger partial charge in [-0.3, -0.25) is 0 Å². The molecule has 100 valence electrons. The molecule has 1 aliphatic rings. The Morgan fingerprint density at radius 1 is 1.11 bits per heavy atom. The van der Waals surface area contributed by atoms with Crippen LogP contribution in [0, 0.1) is 0 Å². The Balaban J connectivity index is 2.03. The minimum absolute atomic E-state index is 0.555. The molecule has 0 heterocycles. The van der Waals surface area contributed by atoms with Crippen LogP contribution in [0.25, 0.3) is 0 Å². The average Bonchev–Trinajstić information content (AvgIpc) is 2.34. The van der Waals surface area contributed by atoms with E-state index in [-0.39, 0.29) is 0 Å². The van der Waals surface area contributed by atoms with Crippen molar-refractivity contribution in [3.63, 3.8) is 0 Å². The molecule has 0 aliphatic heterocycles. The number of anilines is 2. The summed E-state index contributed by atoms with van der Waals surface area (Å²) in [7, 11) is 1.66. The Bertz CT molecular complexity index is 371. The second-order valence-electron chi connectivity index (χ2n) is 5.11. The van der Waals surface area contributed by atoms with Crippen molar-refractivity contribution in [1.29, 1.82) is 0 Å². The van der Waals surface area contributed by atoms with Crippen molar-refractivity contribution in [2.75, 3.05) is 18.2 Å². The van der Waals surface area contributed by atoms with E-state index in [1.54, 1.807) is 7.11 Å². The molecule has 1 aromatic carbocycles. The molecular formula is C15H24N2O. The molecular weight excluding hydrogens is 224 g/mol. The van der Waals surface area contributed by atoms with Gasteiger partial charge in [0.2, 0.25) is 0 Å². The Morgan fingerprint density at radius 3 is 2.44 bits per heavy atom. The Hall–Kier alpha value is -1.38. The summed E-state index contributed by atoms with van der Waals surface area (Å²) in [5.41, 5.74) is 7.83. The van der Waals surface area contributed by atoms with Crippen molar-refractivity contribution in [1.82, 2.24) is 0 Å². The van der Waals surface area contributed by atoms with Crippen LogP contribution in [0.4, 0.5) is 11.4 Å². The normalized spacial score (nSPS) is 17.8.